The van der Waals surface area contributed by atoms with Crippen molar-refractivity contribution in [3.8, 4) is 11.1 Å². The van der Waals surface area contributed by atoms with Gasteiger partial charge in [0.2, 0.25) is 0 Å². The van der Waals surface area contributed by atoms with E-state index in [0.29, 0.717) is 36.1 Å². The predicted octanol–water partition coefficient (Wildman–Crippen LogP) is 5.06. The first-order chi connectivity index (χ1) is 13.5. The minimum absolute atomic E-state index is 0.0560. The molecule has 2 N–H and O–H groups in total. The molecule has 7 heteroatoms. The minimum Gasteiger partial charge on any atom is -0.364 e. The van der Waals surface area contributed by atoms with E-state index in [2.05, 4.69) is 9.72 Å². The van der Waals surface area contributed by atoms with Crippen molar-refractivity contribution in [1.82, 2.24) is 4.98 Å². The average molecular weight is 408 g/mol. The topological polar surface area (TPSA) is 65.2 Å². The Kier molecular flexibility index (Phi) is 7.41. The highest BCUT2D eigenvalue weighted by molar-refractivity contribution is 5.92. The maximum Gasteiger partial charge on any atom is 0.345 e. The zero-order chi connectivity index (χ0) is 21.8. The Morgan fingerprint density at radius 3 is 2.48 bits per heavy atom. The van der Waals surface area contributed by atoms with E-state index in [1.165, 1.54) is 12.1 Å². The fourth-order valence-electron chi connectivity index (χ4n) is 3.20. The second-order valence-corrected chi connectivity index (χ2v) is 7.89. The second-order valence-electron chi connectivity index (χ2n) is 7.89. The number of halogens is 3. The first-order valence-corrected chi connectivity index (χ1v) is 9.53. The molecule has 0 bridgehead atoms. The number of hydrogen-bond donors (Lipinski definition) is 1. The molecule has 0 radical (unpaired) electrons. The monoisotopic (exact) mass is 408 g/mol. The van der Waals surface area contributed by atoms with Gasteiger partial charge in [-0.05, 0) is 60.4 Å². The summed E-state index contributed by atoms with van der Waals surface area (Å²) < 4.78 is 44.0. The molecule has 1 aromatic heterocycles. The normalized spacial score (nSPS) is 11.9. The molecule has 1 amide bonds. The zero-order valence-corrected chi connectivity index (χ0v) is 17.2. The van der Waals surface area contributed by atoms with E-state index in [0.717, 1.165) is 11.1 Å². The summed E-state index contributed by atoms with van der Waals surface area (Å²) in [5.41, 5.74) is 7.99. The van der Waals surface area contributed by atoms with Crippen LogP contribution in [0.25, 0.3) is 11.1 Å². The number of carbonyl (C=O) groups excluding carboxylic acids is 1. The van der Waals surface area contributed by atoms with E-state index in [1.807, 2.05) is 26.8 Å². The second kappa shape index (κ2) is 9.39. The van der Waals surface area contributed by atoms with Crippen LogP contribution in [0.3, 0.4) is 0 Å². The van der Waals surface area contributed by atoms with E-state index < -0.39 is 23.8 Å². The molecule has 2 aromatic rings. The Balaban J connectivity index is 2.45. The van der Waals surface area contributed by atoms with Gasteiger partial charge < -0.3 is 10.5 Å². The van der Waals surface area contributed by atoms with E-state index in [9.17, 15) is 18.0 Å². The summed E-state index contributed by atoms with van der Waals surface area (Å²) in [7, 11) is 0. The molecule has 0 aliphatic rings. The first-order valence-electron chi connectivity index (χ1n) is 9.53. The Morgan fingerprint density at radius 2 is 1.93 bits per heavy atom. The number of nitrogens with two attached hydrogens (primary N) is 1. The average Bonchev–Trinajstić information content (AvgIpc) is 2.64. The molecular weight excluding hydrogens is 381 g/mol. The number of nitrogens with zero attached hydrogens (tertiary/aromatic N) is 1. The predicted molar refractivity (Wildman–Crippen MR) is 106 cm³/mol. The summed E-state index contributed by atoms with van der Waals surface area (Å²) >= 11 is 0. The van der Waals surface area contributed by atoms with Gasteiger partial charge >= 0.3 is 6.61 Å². The largest absolute Gasteiger partial charge is 0.364 e. The Hall–Kier alpha value is -2.41. The maximum atomic E-state index is 14.8. The number of amides is 1. The number of hydrogen-bond acceptors (Lipinski definition) is 3. The van der Waals surface area contributed by atoms with Crippen LogP contribution in [-0.4, -0.2) is 24.1 Å². The standard InChI is InChI=1S/C22H27F3N2O2/c1-5-14-6-7-16(18(23)10-14)17-11-19(20(26)28)27-13(2)15(17)8-9-22(3,4)12-29-21(24)25/h6-7,10-11,21H,5,8-9,12H2,1-4H3,(H2,26,28). The van der Waals surface area contributed by atoms with Crippen LogP contribution >= 0.6 is 0 Å². The summed E-state index contributed by atoms with van der Waals surface area (Å²) in [6.45, 7) is 4.38. The molecule has 0 aliphatic heterocycles. The van der Waals surface area contributed by atoms with Gasteiger partial charge in [0.25, 0.3) is 5.91 Å². The molecule has 29 heavy (non-hydrogen) atoms. The van der Waals surface area contributed by atoms with Gasteiger partial charge in [-0.2, -0.15) is 8.78 Å². The number of aryl methyl sites for hydroxylation is 2. The fraction of sp³-hybridized carbons (Fsp3) is 0.455. The van der Waals surface area contributed by atoms with E-state index in [4.69, 9.17) is 5.73 Å². The highest BCUT2D eigenvalue weighted by Crippen LogP contribution is 2.33. The highest BCUT2D eigenvalue weighted by Gasteiger charge is 2.23. The third-order valence-corrected chi connectivity index (χ3v) is 4.97. The molecule has 0 atom stereocenters. The van der Waals surface area contributed by atoms with Crippen LogP contribution in [0.2, 0.25) is 0 Å². The Labute approximate surface area is 169 Å². The number of pyridine rings is 1. The number of alkyl halides is 2. The summed E-state index contributed by atoms with van der Waals surface area (Å²) in [6.07, 6.45) is 1.67. The molecule has 0 aliphatic carbocycles. The molecule has 1 aromatic carbocycles. The van der Waals surface area contributed by atoms with Crippen LogP contribution in [0.4, 0.5) is 13.2 Å². The fourth-order valence-corrected chi connectivity index (χ4v) is 3.20. The van der Waals surface area contributed by atoms with Crippen molar-refractivity contribution in [1.29, 1.82) is 0 Å². The highest BCUT2D eigenvalue weighted by atomic mass is 19.3. The van der Waals surface area contributed by atoms with Crippen molar-refractivity contribution in [2.75, 3.05) is 6.61 Å². The molecule has 4 nitrogen and oxygen atoms in total. The van der Waals surface area contributed by atoms with Crippen molar-refractivity contribution >= 4 is 5.91 Å². The molecule has 0 fully saturated rings. The molecular formula is C22H27F3N2O2. The van der Waals surface area contributed by atoms with Crippen molar-refractivity contribution in [2.24, 2.45) is 11.1 Å². The van der Waals surface area contributed by atoms with E-state index in [-0.39, 0.29) is 12.3 Å². The van der Waals surface area contributed by atoms with Crippen LogP contribution in [0.15, 0.2) is 24.3 Å². The number of primary amides is 1. The molecule has 0 saturated heterocycles. The van der Waals surface area contributed by atoms with Gasteiger partial charge in [-0.25, -0.2) is 9.37 Å². The lowest BCUT2D eigenvalue weighted by molar-refractivity contribution is -0.148. The lowest BCUT2D eigenvalue weighted by atomic mass is 9.84. The minimum atomic E-state index is -2.82. The molecule has 158 valence electrons. The number of carbonyl (C=O) groups is 1. The smallest absolute Gasteiger partial charge is 0.345 e. The molecule has 2 rings (SSSR count). The van der Waals surface area contributed by atoms with Crippen LogP contribution in [0, 0.1) is 18.2 Å². The van der Waals surface area contributed by atoms with Crippen molar-refractivity contribution < 1.29 is 22.7 Å². The number of rotatable bonds is 9. The van der Waals surface area contributed by atoms with E-state index >= 15 is 0 Å². The summed E-state index contributed by atoms with van der Waals surface area (Å²) in [6, 6.07) is 6.49. The lowest BCUT2D eigenvalue weighted by Crippen LogP contribution is -2.22. The molecule has 0 spiro atoms. The third kappa shape index (κ3) is 6.03. The van der Waals surface area contributed by atoms with Gasteiger partial charge in [0, 0.05) is 11.3 Å². The molecule has 1 heterocycles. The summed E-state index contributed by atoms with van der Waals surface area (Å²) in [4.78, 5) is 15.9. The summed E-state index contributed by atoms with van der Waals surface area (Å²) in [5.74, 6) is -1.09. The number of ether oxygens (including phenoxy) is 1. The molecule has 0 unspecified atom stereocenters. The lowest BCUT2D eigenvalue weighted by Gasteiger charge is -2.25. The van der Waals surface area contributed by atoms with Gasteiger partial charge in [0.1, 0.15) is 11.5 Å². The quantitative estimate of drug-likeness (QED) is 0.631. The van der Waals surface area contributed by atoms with E-state index in [1.54, 1.807) is 13.0 Å². The van der Waals surface area contributed by atoms with Crippen LogP contribution < -0.4 is 5.73 Å². The zero-order valence-electron chi connectivity index (χ0n) is 17.2. The Morgan fingerprint density at radius 1 is 1.24 bits per heavy atom. The SMILES string of the molecule is CCc1ccc(-c2cc(C(N)=O)nc(C)c2CCC(C)(C)COC(F)F)c(F)c1. The van der Waals surface area contributed by atoms with Gasteiger partial charge in [-0.3, -0.25) is 4.79 Å². The summed E-state index contributed by atoms with van der Waals surface area (Å²) in [5, 5.41) is 0. The van der Waals surface area contributed by atoms with Crippen molar-refractivity contribution in [3.63, 3.8) is 0 Å². The first kappa shape index (κ1) is 22.9. The van der Waals surface area contributed by atoms with Crippen molar-refractivity contribution in [2.45, 2.75) is 53.6 Å². The van der Waals surface area contributed by atoms with Gasteiger partial charge in [-0.15, -0.1) is 0 Å². The van der Waals surface area contributed by atoms with Crippen molar-refractivity contribution in [3.05, 3.63) is 52.6 Å². The Bertz CT molecular complexity index is 883. The van der Waals surface area contributed by atoms with Crippen LogP contribution in [0.5, 0.6) is 0 Å². The number of aromatic nitrogens is 1. The van der Waals surface area contributed by atoms with Gasteiger partial charge in [0.05, 0.1) is 6.61 Å². The van der Waals surface area contributed by atoms with Crippen LogP contribution in [-0.2, 0) is 17.6 Å². The molecule has 0 saturated carbocycles. The van der Waals surface area contributed by atoms with Gasteiger partial charge in [-0.1, -0.05) is 32.9 Å². The third-order valence-electron chi connectivity index (χ3n) is 4.97. The maximum absolute atomic E-state index is 14.8. The number of benzene rings is 1. The van der Waals surface area contributed by atoms with Gasteiger partial charge in [0.15, 0.2) is 0 Å². The van der Waals surface area contributed by atoms with Crippen LogP contribution in [0.1, 0.15) is 54.5 Å².